The summed E-state index contributed by atoms with van der Waals surface area (Å²) in [5.74, 6) is -5.40. The number of hydrogen-bond acceptors (Lipinski definition) is 3. The van der Waals surface area contributed by atoms with E-state index in [1.807, 2.05) is 12.1 Å². The van der Waals surface area contributed by atoms with E-state index in [2.05, 4.69) is 5.32 Å². The van der Waals surface area contributed by atoms with E-state index in [1.165, 1.54) is 16.0 Å². The first-order chi connectivity index (χ1) is 11.7. The van der Waals surface area contributed by atoms with Crippen LogP contribution < -0.4 is 5.32 Å². The summed E-state index contributed by atoms with van der Waals surface area (Å²) in [6, 6.07) is 5.63. The van der Waals surface area contributed by atoms with Crippen LogP contribution in [0.25, 0.3) is 0 Å². The van der Waals surface area contributed by atoms with Crippen molar-refractivity contribution in [3.05, 3.63) is 29.3 Å². The number of hydrogen-bond donors (Lipinski definition) is 2. The lowest BCUT2D eigenvalue weighted by atomic mass is 9.96. The number of aliphatic carboxylic acids is 1. The molecule has 3 rings (SSSR count). The highest BCUT2D eigenvalue weighted by Crippen LogP contribution is 2.37. The van der Waals surface area contributed by atoms with Crippen LogP contribution >= 0.6 is 0 Å². The Balaban J connectivity index is 1.60. The van der Waals surface area contributed by atoms with Crippen LogP contribution in [0.3, 0.4) is 0 Å². The lowest BCUT2D eigenvalue weighted by Crippen LogP contribution is -2.34. The number of benzene rings is 1. The smallest absolute Gasteiger partial charge is 0.393 e. The van der Waals surface area contributed by atoms with E-state index in [1.54, 1.807) is 6.07 Å². The molecule has 1 heterocycles. The maximum absolute atomic E-state index is 13.0. The molecule has 0 saturated carbocycles. The van der Waals surface area contributed by atoms with Crippen molar-refractivity contribution in [1.82, 2.24) is 4.90 Å². The molecule has 1 aromatic rings. The Kier molecular flexibility index (Phi) is 4.73. The van der Waals surface area contributed by atoms with Crippen molar-refractivity contribution in [3.8, 4) is 0 Å². The van der Waals surface area contributed by atoms with Crippen LogP contribution in [0.1, 0.15) is 17.5 Å². The standard InChI is InChI=1S/C17H19F3N2O3/c18-17(19,20)14-8-22(7-13(14)16(24)25)9-15(23)21-12-5-4-10-2-1-3-11(10)6-12/h4-6,13-14H,1-3,7-9H2,(H,21,23)(H,24,25)/t13-,14-/m1/s1. The summed E-state index contributed by atoms with van der Waals surface area (Å²) in [7, 11) is 0. The summed E-state index contributed by atoms with van der Waals surface area (Å²) < 4.78 is 38.9. The Morgan fingerprint density at radius 3 is 2.56 bits per heavy atom. The van der Waals surface area contributed by atoms with Gasteiger partial charge in [-0.2, -0.15) is 13.2 Å². The molecule has 2 atom stereocenters. The van der Waals surface area contributed by atoms with E-state index in [4.69, 9.17) is 5.11 Å². The van der Waals surface area contributed by atoms with Crippen molar-refractivity contribution in [2.75, 3.05) is 25.0 Å². The summed E-state index contributed by atoms with van der Waals surface area (Å²) in [4.78, 5) is 24.4. The molecule has 2 aliphatic rings. The number of halogens is 3. The number of likely N-dealkylation sites (tertiary alicyclic amines) is 1. The van der Waals surface area contributed by atoms with Gasteiger partial charge in [-0.3, -0.25) is 14.5 Å². The fourth-order valence-corrected chi connectivity index (χ4v) is 3.65. The third-order valence-corrected chi connectivity index (χ3v) is 4.88. The minimum absolute atomic E-state index is 0.257. The number of aryl methyl sites for hydroxylation is 2. The average molecular weight is 356 g/mol. The Bertz CT molecular complexity index is 690. The Labute approximate surface area is 142 Å². The van der Waals surface area contributed by atoms with Gasteiger partial charge in [0.2, 0.25) is 5.91 Å². The molecular weight excluding hydrogens is 337 g/mol. The van der Waals surface area contributed by atoms with Crippen molar-refractivity contribution >= 4 is 17.6 Å². The van der Waals surface area contributed by atoms with E-state index in [-0.39, 0.29) is 13.1 Å². The topological polar surface area (TPSA) is 69.6 Å². The van der Waals surface area contributed by atoms with E-state index < -0.39 is 36.4 Å². The molecule has 1 aliphatic carbocycles. The first kappa shape index (κ1) is 17.7. The van der Waals surface area contributed by atoms with Gasteiger partial charge in [0.15, 0.2) is 0 Å². The number of fused-ring (bicyclic) bond motifs is 1. The van der Waals surface area contributed by atoms with Crippen molar-refractivity contribution in [3.63, 3.8) is 0 Å². The minimum Gasteiger partial charge on any atom is -0.481 e. The zero-order chi connectivity index (χ0) is 18.2. The predicted octanol–water partition coefficient (Wildman–Crippen LogP) is 2.31. The first-order valence-electron chi connectivity index (χ1n) is 8.17. The number of anilines is 1. The molecule has 1 aromatic carbocycles. The minimum atomic E-state index is -4.59. The lowest BCUT2D eigenvalue weighted by Gasteiger charge is -2.18. The average Bonchev–Trinajstić information content (AvgIpc) is 3.12. The van der Waals surface area contributed by atoms with Gasteiger partial charge in [-0.25, -0.2) is 0 Å². The van der Waals surface area contributed by atoms with Crippen molar-refractivity contribution in [1.29, 1.82) is 0 Å². The lowest BCUT2D eigenvalue weighted by molar-refractivity contribution is -0.188. The molecule has 0 bridgehead atoms. The summed E-state index contributed by atoms with van der Waals surface area (Å²) in [5, 5.41) is 11.7. The molecule has 0 radical (unpaired) electrons. The van der Waals surface area contributed by atoms with Crippen LogP contribution in [-0.4, -0.2) is 47.7 Å². The molecule has 5 nitrogen and oxygen atoms in total. The van der Waals surface area contributed by atoms with Gasteiger partial charge in [0.25, 0.3) is 0 Å². The van der Waals surface area contributed by atoms with E-state index in [0.717, 1.165) is 19.3 Å². The highest BCUT2D eigenvalue weighted by Gasteiger charge is 2.52. The molecule has 2 N–H and O–H groups in total. The van der Waals surface area contributed by atoms with Gasteiger partial charge in [-0.15, -0.1) is 0 Å². The van der Waals surface area contributed by atoms with Gasteiger partial charge in [0, 0.05) is 18.8 Å². The number of rotatable bonds is 4. The van der Waals surface area contributed by atoms with Crippen LogP contribution in [0.15, 0.2) is 18.2 Å². The Hall–Kier alpha value is -2.09. The number of nitrogens with one attached hydrogen (secondary N) is 1. The number of amides is 1. The third-order valence-electron chi connectivity index (χ3n) is 4.88. The molecule has 8 heteroatoms. The molecule has 1 amide bonds. The SMILES string of the molecule is O=C(CN1C[C@@H](C(F)(F)F)[C@H](C(=O)O)C1)Nc1ccc2c(c1)CCC2. The quantitative estimate of drug-likeness (QED) is 0.869. The van der Waals surface area contributed by atoms with Crippen LogP contribution in [0.5, 0.6) is 0 Å². The number of nitrogens with zero attached hydrogens (tertiary/aromatic N) is 1. The van der Waals surface area contributed by atoms with E-state index in [0.29, 0.717) is 5.69 Å². The maximum Gasteiger partial charge on any atom is 0.393 e. The molecule has 25 heavy (non-hydrogen) atoms. The third kappa shape index (κ3) is 3.95. The molecule has 0 unspecified atom stereocenters. The molecule has 1 saturated heterocycles. The van der Waals surface area contributed by atoms with Crippen LogP contribution in [0.4, 0.5) is 18.9 Å². The maximum atomic E-state index is 13.0. The van der Waals surface area contributed by atoms with Crippen LogP contribution in [0, 0.1) is 11.8 Å². The summed E-state index contributed by atoms with van der Waals surface area (Å²) >= 11 is 0. The van der Waals surface area contributed by atoms with Crippen LogP contribution in [0.2, 0.25) is 0 Å². The fourth-order valence-electron chi connectivity index (χ4n) is 3.65. The van der Waals surface area contributed by atoms with Gasteiger partial charge in [-0.1, -0.05) is 6.07 Å². The second-order valence-corrected chi connectivity index (χ2v) is 6.67. The molecule has 136 valence electrons. The monoisotopic (exact) mass is 356 g/mol. The van der Waals surface area contributed by atoms with Crippen molar-refractivity contribution in [2.24, 2.45) is 11.8 Å². The number of carbonyl (C=O) groups is 2. The summed E-state index contributed by atoms with van der Waals surface area (Å²) in [6.07, 6.45) is -1.53. The molecule has 0 aromatic heterocycles. The number of carboxylic acid groups (broad SMARTS) is 1. The second kappa shape index (κ2) is 6.67. The van der Waals surface area contributed by atoms with Gasteiger partial charge < -0.3 is 10.4 Å². The van der Waals surface area contributed by atoms with Gasteiger partial charge in [0.1, 0.15) is 0 Å². The van der Waals surface area contributed by atoms with Gasteiger partial charge in [-0.05, 0) is 42.5 Å². The number of carbonyl (C=O) groups excluding carboxylic acids is 1. The number of alkyl halides is 3. The van der Waals surface area contributed by atoms with E-state index >= 15 is 0 Å². The highest BCUT2D eigenvalue weighted by molar-refractivity contribution is 5.92. The Morgan fingerprint density at radius 1 is 1.20 bits per heavy atom. The predicted molar refractivity (Wildman–Crippen MR) is 84.2 cm³/mol. The van der Waals surface area contributed by atoms with Gasteiger partial charge in [0.05, 0.1) is 18.4 Å². The summed E-state index contributed by atoms with van der Waals surface area (Å²) in [6.45, 7) is -1.01. The van der Waals surface area contributed by atoms with E-state index in [9.17, 15) is 22.8 Å². The molecule has 1 fully saturated rings. The van der Waals surface area contributed by atoms with Crippen molar-refractivity contribution in [2.45, 2.75) is 25.4 Å². The molecule has 1 aliphatic heterocycles. The zero-order valence-corrected chi connectivity index (χ0v) is 13.5. The van der Waals surface area contributed by atoms with Crippen molar-refractivity contribution < 1.29 is 27.9 Å². The van der Waals surface area contributed by atoms with Crippen LogP contribution in [-0.2, 0) is 22.4 Å². The largest absolute Gasteiger partial charge is 0.481 e. The van der Waals surface area contributed by atoms with Gasteiger partial charge >= 0.3 is 12.1 Å². The number of carboxylic acids is 1. The second-order valence-electron chi connectivity index (χ2n) is 6.67. The summed E-state index contributed by atoms with van der Waals surface area (Å²) in [5.41, 5.74) is 3.06. The molecule has 0 spiro atoms. The molecular formula is C17H19F3N2O3. The Morgan fingerprint density at radius 2 is 1.92 bits per heavy atom. The normalized spacial score (nSPS) is 23.5. The first-order valence-corrected chi connectivity index (χ1v) is 8.17. The highest BCUT2D eigenvalue weighted by atomic mass is 19.4. The fraction of sp³-hybridized carbons (Fsp3) is 0.529. The zero-order valence-electron chi connectivity index (χ0n) is 13.5.